The van der Waals surface area contributed by atoms with Gasteiger partial charge in [-0.05, 0) is 47.7 Å². The van der Waals surface area contributed by atoms with Gasteiger partial charge in [-0.3, -0.25) is 9.78 Å². The standard InChI is InChI=1S/C19H18N2O2S/c1-2-24-18-8-4-3-6-15(18)19(22)21-13-14-9-10-20-16(12-14)17-7-5-11-23-17/h3-12H,2,13H2,1H3,(H,21,22). The van der Waals surface area contributed by atoms with Crippen molar-refractivity contribution in [2.45, 2.75) is 18.4 Å². The molecule has 24 heavy (non-hydrogen) atoms. The summed E-state index contributed by atoms with van der Waals surface area (Å²) in [6.07, 6.45) is 3.34. The molecule has 4 nitrogen and oxygen atoms in total. The van der Waals surface area contributed by atoms with Gasteiger partial charge in [0.2, 0.25) is 0 Å². The van der Waals surface area contributed by atoms with E-state index in [0.717, 1.165) is 21.9 Å². The van der Waals surface area contributed by atoms with Crippen LogP contribution >= 0.6 is 11.8 Å². The predicted octanol–water partition coefficient (Wildman–Crippen LogP) is 4.38. The molecule has 1 aromatic carbocycles. The summed E-state index contributed by atoms with van der Waals surface area (Å²) in [7, 11) is 0. The third kappa shape index (κ3) is 3.86. The Kier molecular flexibility index (Phi) is 5.33. The number of thioether (sulfide) groups is 1. The van der Waals surface area contributed by atoms with Gasteiger partial charge in [-0.15, -0.1) is 11.8 Å². The van der Waals surface area contributed by atoms with Gasteiger partial charge in [-0.2, -0.15) is 0 Å². The minimum Gasteiger partial charge on any atom is -0.463 e. The van der Waals surface area contributed by atoms with E-state index in [0.29, 0.717) is 17.9 Å². The van der Waals surface area contributed by atoms with Crippen LogP contribution in [0.1, 0.15) is 22.8 Å². The van der Waals surface area contributed by atoms with Crippen molar-refractivity contribution in [1.82, 2.24) is 10.3 Å². The second kappa shape index (κ2) is 7.84. The molecule has 0 spiro atoms. The second-order valence-corrected chi connectivity index (χ2v) is 6.44. The molecule has 0 saturated carbocycles. The average molecular weight is 338 g/mol. The molecule has 5 heteroatoms. The number of carbonyl (C=O) groups excluding carboxylic acids is 1. The van der Waals surface area contributed by atoms with Gasteiger partial charge in [0.05, 0.1) is 11.8 Å². The van der Waals surface area contributed by atoms with Crippen molar-refractivity contribution in [2.75, 3.05) is 5.75 Å². The highest BCUT2D eigenvalue weighted by atomic mass is 32.2. The fraction of sp³-hybridized carbons (Fsp3) is 0.158. The van der Waals surface area contributed by atoms with Crippen molar-refractivity contribution >= 4 is 17.7 Å². The molecule has 0 fully saturated rings. The third-order valence-corrected chi connectivity index (χ3v) is 4.44. The molecule has 3 aromatic rings. The Balaban J connectivity index is 1.70. The Labute approximate surface area is 145 Å². The van der Waals surface area contributed by atoms with Crippen LogP contribution in [-0.4, -0.2) is 16.6 Å². The summed E-state index contributed by atoms with van der Waals surface area (Å²) < 4.78 is 5.36. The highest BCUT2D eigenvalue weighted by Crippen LogP contribution is 2.22. The van der Waals surface area contributed by atoms with Crippen molar-refractivity contribution in [3.05, 3.63) is 72.1 Å². The molecule has 2 heterocycles. The number of benzene rings is 1. The molecule has 0 aliphatic carbocycles. The number of furan rings is 1. The van der Waals surface area contributed by atoms with Gasteiger partial charge in [-0.1, -0.05) is 19.1 Å². The number of nitrogens with one attached hydrogen (secondary N) is 1. The van der Waals surface area contributed by atoms with Gasteiger partial charge in [0.25, 0.3) is 5.91 Å². The van der Waals surface area contributed by atoms with E-state index in [4.69, 9.17) is 4.42 Å². The highest BCUT2D eigenvalue weighted by Gasteiger charge is 2.11. The minimum absolute atomic E-state index is 0.0667. The third-order valence-electron chi connectivity index (χ3n) is 3.48. The van der Waals surface area contributed by atoms with Crippen LogP contribution in [0.15, 0.2) is 70.3 Å². The van der Waals surface area contributed by atoms with Crippen LogP contribution in [0.3, 0.4) is 0 Å². The highest BCUT2D eigenvalue weighted by molar-refractivity contribution is 7.99. The smallest absolute Gasteiger partial charge is 0.252 e. The molecule has 0 atom stereocenters. The van der Waals surface area contributed by atoms with Crippen LogP contribution in [0.2, 0.25) is 0 Å². The monoisotopic (exact) mass is 338 g/mol. The lowest BCUT2D eigenvalue weighted by Crippen LogP contribution is -2.23. The Morgan fingerprint density at radius 2 is 2.08 bits per heavy atom. The number of nitrogens with zero attached hydrogens (tertiary/aromatic N) is 1. The van der Waals surface area contributed by atoms with Crippen LogP contribution in [0.4, 0.5) is 0 Å². The largest absolute Gasteiger partial charge is 0.463 e. The normalized spacial score (nSPS) is 10.5. The van der Waals surface area contributed by atoms with E-state index in [1.165, 1.54) is 0 Å². The van der Waals surface area contributed by atoms with E-state index in [1.54, 1.807) is 24.2 Å². The molecule has 1 N–H and O–H groups in total. The van der Waals surface area contributed by atoms with Crippen LogP contribution in [0.25, 0.3) is 11.5 Å². The Hall–Kier alpha value is -2.53. The van der Waals surface area contributed by atoms with Gasteiger partial charge < -0.3 is 9.73 Å². The predicted molar refractivity (Wildman–Crippen MR) is 95.9 cm³/mol. The van der Waals surface area contributed by atoms with Crippen molar-refractivity contribution in [2.24, 2.45) is 0 Å². The number of rotatable bonds is 6. The number of amides is 1. The first-order valence-corrected chi connectivity index (χ1v) is 8.75. The summed E-state index contributed by atoms with van der Waals surface area (Å²) in [5, 5.41) is 2.98. The Morgan fingerprint density at radius 3 is 2.88 bits per heavy atom. The average Bonchev–Trinajstić information content (AvgIpc) is 3.15. The first kappa shape index (κ1) is 16.3. The van der Waals surface area contributed by atoms with Gasteiger partial charge >= 0.3 is 0 Å². The van der Waals surface area contributed by atoms with Crippen molar-refractivity contribution in [3.8, 4) is 11.5 Å². The number of aromatic nitrogens is 1. The molecule has 2 aromatic heterocycles. The van der Waals surface area contributed by atoms with Crippen molar-refractivity contribution in [1.29, 1.82) is 0 Å². The van der Waals surface area contributed by atoms with Crippen molar-refractivity contribution in [3.63, 3.8) is 0 Å². The summed E-state index contributed by atoms with van der Waals surface area (Å²) in [5.74, 6) is 1.58. The van der Waals surface area contributed by atoms with E-state index >= 15 is 0 Å². The number of pyridine rings is 1. The zero-order valence-corrected chi connectivity index (χ0v) is 14.2. The quantitative estimate of drug-likeness (QED) is 0.678. The maximum Gasteiger partial charge on any atom is 0.252 e. The first-order chi connectivity index (χ1) is 11.8. The molecule has 0 aliphatic rings. The SMILES string of the molecule is CCSc1ccccc1C(=O)NCc1ccnc(-c2ccco2)c1. The molecular weight excluding hydrogens is 320 g/mol. The van der Waals surface area contributed by atoms with Gasteiger partial charge in [0.1, 0.15) is 5.69 Å². The summed E-state index contributed by atoms with van der Waals surface area (Å²) >= 11 is 1.67. The fourth-order valence-electron chi connectivity index (χ4n) is 2.36. The van der Waals surface area contributed by atoms with Crippen LogP contribution < -0.4 is 5.32 Å². The minimum atomic E-state index is -0.0667. The summed E-state index contributed by atoms with van der Waals surface area (Å²) in [5.41, 5.74) is 2.45. The van der Waals surface area contributed by atoms with E-state index in [2.05, 4.69) is 17.2 Å². The molecular formula is C19H18N2O2S. The lowest BCUT2D eigenvalue weighted by atomic mass is 10.2. The molecule has 0 aliphatic heterocycles. The maximum atomic E-state index is 12.5. The number of carbonyl (C=O) groups is 1. The fourth-order valence-corrected chi connectivity index (χ4v) is 3.16. The van der Waals surface area contributed by atoms with E-state index in [9.17, 15) is 4.79 Å². The lowest BCUT2D eigenvalue weighted by molar-refractivity contribution is 0.0948. The summed E-state index contributed by atoms with van der Waals surface area (Å²) in [6.45, 7) is 2.52. The summed E-state index contributed by atoms with van der Waals surface area (Å²) in [4.78, 5) is 17.8. The molecule has 0 bridgehead atoms. The van der Waals surface area contributed by atoms with E-state index in [-0.39, 0.29) is 5.91 Å². The van der Waals surface area contributed by atoms with Crippen LogP contribution in [0.5, 0.6) is 0 Å². The number of hydrogen-bond acceptors (Lipinski definition) is 4. The zero-order valence-electron chi connectivity index (χ0n) is 13.4. The topological polar surface area (TPSA) is 55.1 Å². The van der Waals surface area contributed by atoms with Crippen LogP contribution in [-0.2, 0) is 6.54 Å². The molecule has 0 saturated heterocycles. The second-order valence-electron chi connectivity index (χ2n) is 5.14. The van der Waals surface area contributed by atoms with Crippen molar-refractivity contribution < 1.29 is 9.21 Å². The van der Waals surface area contributed by atoms with E-state index in [1.807, 2.05) is 48.5 Å². The molecule has 3 rings (SSSR count). The van der Waals surface area contributed by atoms with E-state index < -0.39 is 0 Å². The maximum absolute atomic E-state index is 12.5. The molecule has 1 amide bonds. The van der Waals surface area contributed by atoms with Gasteiger partial charge in [0.15, 0.2) is 5.76 Å². The first-order valence-electron chi connectivity index (χ1n) is 7.76. The molecule has 0 radical (unpaired) electrons. The lowest BCUT2D eigenvalue weighted by Gasteiger charge is -2.09. The van der Waals surface area contributed by atoms with Crippen LogP contribution in [0, 0.1) is 0 Å². The zero-order chi connectivity index (χ0) is 16.8. The molecule has 0 unspecified atom stereocenters. The van der Waals surface area contributed by atoms with Gasteiger partial charge in [0, 0.05) is 17.6 Å². The molecule has 122 valence electrons. The summed E-state index contributed by atoms with van der Waals surface area (Å²) in [6, 6.07) is 15.2. The Bertz CT molecular complexity index is 816. The van der Waals surface area contributed by atoms with Gasteiger partial charge in [-0.25, -0.2) is 0 Å². The number of hydrogen-bond donors (Lipinski definition) is 1. The Morgan fingerprint density at radius 1 is 1.21 bits per heavy atom.